The van der Waals surface area contributed by atoms with Crippen molar-refractivity contribution in [2.24, 2.45) is 0 Å². The van der Waals surface area contributed by atoms with Crippen molar-refractivity contribution in [3.63, 3.8) is 0 Å². The van der Waals surface area contributed by atoms with Crippen LogP contribution >= 0.6 is 0 Å². The van der Waals surface area contributed by atoms with Gasteiger partial charge in [-0.15, -0.1) is 0 Å². The number of rotatable bonds is 2. The maximum absolute atomic E-state index is 9.11. The molecule has 0 aliphatic heterocycles. The average Bonchev–Trinajstić information content (AvgIpc) is 2.75. The maximum Gasteiger partial charge on any atom is 0.255 e. The molecule has 0 saturated carbocycles. The largest absolute Gasteiger partial charge is 0.472 e. The van der Waals surface area contributed by atoms with Crippen LogP contribution in [0.5, 0.6) is 0 Å². The highest BCUT2D eigenvalue weighted by atomic mass is 16.5. The lowest BCUT2D eigenvalue weighted by molar-refractivity contribution is 0.152. The Balaban J connectivity index is 2.33. The van der Waals surface area contributed by atoms with Crippen molar-refractivity contribution in [2.75, 3.05) is 0 Å². The molecule has 1 atom stereocenters. The van der Waals surface area contributed by atoms with Crippen molar-refractivity contribution in [1.29, 1.82) is 0 Å². The average molecular weight is 180 g/mol. The monoisotopic (exact) mass is 180 g/mol. The molecule has 0 saturated heterocycles. The van der Waals surface area contributed by atoms with Crippen molar-refractivity contribution < 1.29 is 14.0 Å². The summed E-state index contributed by atoms with van der Waals surface area (Å²) >= 11 is 0. The predicted octanol–water partition coefficient (Wildman–Crippen LogP) is 1.38. The number of aliphatic hydroxyl groups is 1. The molecule has 0 fully saturated rings. The van der Waals surface area contributed by atoms with Gasteiger partial charge in [0.2, 0.25) is 5.82 Å². The van der Waals surface area contributed by atoms with Gasteiger partial charge in [0.05, 0.1) is 11.8 Å². The van der Waals surface area contributed by atoms with Gasteiger partial charge in [-0.1, -0.05) is 5.16 Å². The summed E-state index contributed by atoms with van der Waals surface area (Å²) < 4.78 is 9.65. The highest BCUT2D eigenvalue weighted by Crippen LogP contribution is 2.18. The van der Waals surface area contributed by atoms with Gasteiger partial charge in [0.1, 0.15) is 12.4 Å². The fraction of sp³-hybridized carbons (Fsp3) is 0.250. The Hall–Kier alpha value is -1.62. The first-order valence-corrected chi connectivity index (χ1v) is 3.81. The number of aliphatic hydroxyl groups excluding tert-OH is 1. The number of aromatic nitrogens is 2. The Morgan fingerprint density at radius 1 is 1.54 bits per heavy atom. The second-order valence-electron chi connectivity index (χ2n) is 2.64. The van der Waals surface area contributed by atoms with E-state index in [1.807, 2.05) is 0 Å². The molecule has 5 heteroatoms. The number of hydrogen-bond donors (Lipinski definition) is 1. The van der Waals surface area contributed by atoms with Gasteiger partial charge in [0.25, 0.3) is 5.89 Å². The predicted molar refractivity (Wildman–Crippen MR) is 42.6 cm³/mol. The first-order chi connectivity index (χ1) is 6.27. The summed E-state index contributed by atoms with van der Waals surface area (Å²) in [4.78, 5) is 3.96. The second-order valence-corrected chi connectivity index (χ2v) is 2.64. The van der Waals surface area contributed by atoms with Crippen LogP contribution in [0.2, 0.25) is 0 Å². The van der Waals surface area contributed by atoms with Gasteiger partial charge < -0.3 is 14.0 Å². The van der Waals surface area contributed by atoms with Crippen LogP contribution in [-0.4, -0.2) is 15.2 Å². The van der Waals surface area contributed by atoms with E-state index < -0.39 is 6.10 Å². The Morgan fingerprint density at radius 3 is 2.92 bits per heavy atom. The summed E-state index contributed by atoms with van der Waals surface area (Å²) in [6.45, 7) is 1.56. The number of nitrogens with zero attached hydrogens (tertiary/aromatic N) is 2. The van der Waals surface area contributed by atoms with Crippen molar-refractivity contribution in [3.8, 4) is 11.4 Å². The summed E-state index contributed by atoms with van der Waals surface area (Å²) in [6, 6.07) is 1.72. The molecule has 0 spiro atoms. The Kier molecular flexibility index (Phi) is 1.86. The minimum atomic E-state index is -0.742. The SMILES string of the molecule is C[C@H](O)c1nc(-c2ccoc2)no1. The molecule has 0 bridgehead atoms. The minimum Gasteiger partial charge on any atom is -0.472 e. The molecule has 1 N–H and O–H groups in total. The summed E-state index contributed by atoms with van der Waals surface area (Å²) in [5.41, 5.74) is 0.732. The van der Waals surface area contributed by atoms with Crippen LogP contribution in [0.25, 0.3) is 11.4 Å². The number of hydrogen-bond acceptors (Lipinski definition) is 5. The summed E-state index contributed by atoms with van der Waals surface area (Å²) in [7, 11) is 0. The zero-order valence-corrected chi connectivity index (χ0v) is 6.97. The van der Waals surface area contributed by atoms with Crippen molar-refractivity contribution in [1.82, 2.24) is 10.1 Å². The highest BCUT2D eigenvalue weighted by Gasteiger charge is 2.12. The molecule has 13 heavy (non-hydrogen) atoms. The third kappa shape index (κ3) is 1.46. The van der Waals surface area contributed by atoms with Crippen LogP contribution < -0.4 is 0 Å². The van der Waals surface area contributed by atoms with Crippen LogP contribution in [0.15, 0.2) is 27.5 Å². The normalized spacial score (nSPS) is 13.1. The Morgan fingerprint density at radius 2 is 2.38 bits per heavy atom. The first kappa shape index (κ1) is 8.00. The van der Waals surface area contributed by atoms with Gasteiger partial charge >= 0.3 is 0 Å². The van der Waals surface area contributed by atoms with E-state index in [1.165, 1.54) is 12.5 Å². The van der Waals surface area contributed by atoms with Gasteiger partial charge in [0, 0.05) is 0 Å². The lowest BCUT2D eigenvalue weighted by Gasteiger charge is -1.91. The summed E-state index contributed by atoms with van der Waals surface area (Å²) in [5, 5.41) is 12.8. The van der Waals surface area contributed by atoms with Crippen LogP contribution in [0.4, 0.5) is 0 Å². The van der Waals surface area contributed by atoms with E-state index in [1.54, 1.807) is 13.0 Å². The minimum absolute atomic E-state index is 0.205. The summed E-state index contributed by atoms with van der Waals surface area (Å²) in [6.07, 6.45) is 2.29. The standard InChI is InChI=1S/C8H8N2O3/c1-5(11)8-9-7(10-13-8)6-2-3-12-4-6/h2-5,11H,1H3/t5-/m0/s1. The van der Waals surface area contributed by atoms with Crippen molar-refractivity contribution in [3.05, 3.63) is 24.5 Å². The third-order valence-corrected chi connectivity index (χ3v) is 1.58. The van der Waals surface area contributed by atoms with E-state index in [0.29, 0.717) is 5.82 Å². The molecule has 0 aromatic carbocycles. The molecule has 0 unspecified atom stereocenters. The fourth-order valence-electron chi connectivity index (χ4n) is 0.914. The molecule has 0 radical (unpaired) electrons. The zero-order valence-electron chi connectivity index (χ0n) is 6.97. The molecule has 2 rings (SSSR count). The quantitative estimate of drug-likeness (QED) is 0.755. The third-order valence-electron chi connectivity index (χ3n) is 1.58. The molecular formula is C8H8N2O3. The van der Waals surface area contributed by atoms with E-state index in [0.717, 1.165) is 5.56 Å². The van der Waals surface area contributed by atoms with E-state index >= 15 is 0 Å². The zero-order chi connectivity index (χ0) is 9.26. The van der Waals surface area contributed by atoms with Crippen LogP contribution in [0, 0.1) is 0 Å². The van der Waals surface area contributed by atoms with Gasteiger partial charge in [-0.3, -0.25) is 0 Å². The highest BCUT2D eigenvalue weighted by molar-refractivity contribution is 5.51. The fourth-order valence-corrected chi connectivity index (χ4v) is 0.914. The second kappa shape index (κ2) is 3.02. The van der Waals surface area contributed by atoms with E-state index in [2.05, 4.69) is 10.1 Å². The van der Waals surface area contributed by atoms with Gasteiger partial charge in [-0.25, -0.2) is 0 Å². The van der Waals surface area contributed by atoms with Crippen LogP contribution in [-0.2, 0) is 0 Å². The maximum atomic E-state index is 9.11. The molecule has 2 heterocycles. The molecule has 0 aliphatic rings. The van der Waals surface area contributed by atoms with E-state index in [9.17, 15) is 0 Å². The topological polar surface area (TPSA) is 72.3 Å². The van der Waals surface area contributed by atoms with Crippen LogP contribution in [0.1, 0.15) is 18.9 Å². The first-order valence-electron chi connectivity index (χ1n) is 3.81. The lowest BCUT2D eigenvalue weighted by atomic mass is 10.3. The van der Waals surface area contributed by atoms with Crippen LogP contribution in [0.3, 0.4) is 0 Å². The van der Waals surface area contributed by atoms with Gasteiger partial charge in [-0.2, -0.15) is 4.98 Å². The Labute approximate surface area is 74.0 Å². The molecule has 68 valence electrons. The molecular weight excluding hydrogens is 172 g/mol. The molecule has 5 nitrogen and oxygen atoms in total. The molecule has 0 aliphatic carbocycles. The van der Waals surface area contributed by atoms with E-state index in [-0.39, 0.29) is 5.89 Å². The van der Waals surface area contributed by atoms with Gasteiger partial charge in [0.15, 0.2) is 0 Å². The van der Waals surface area contributed by atoms with Crippen molar-refractivity contribution >= 4 is 0 Å². The molecule has 0 amide bonds. The lowest BCUT2D eigenvalue weighted by Crippen LogP contribution is -1.89. The van der Waals surface area contributed by atoms with Gasteiger partial charge in [-0.05, 0) is 13.0 Å². The van der Waals surface area contributed by atoms with Crippen molar-refractivity contribution in [2.45, 2.75) is 13.0 Å². The number of furan rings is 1. The summed E-state index contributed by atoms with van der Waals surface area (Å²) in [5.74, 6) is 0.626. The van der Waals surface area contributed by atoms with E-state index in [4.69, 9.17) is 14.0 Å². The molecule has 2 aromatic heterocycles. The molecule has 2 aromatic rings. The smallest absolute Gasteiger partial charge is 0.255 e. The Bertz CT molecular complexity index is 378.